The number of methoxy groups -OCH3 is 1. The number of ether oxygens (including phenoxy) is 1. The Labute approximate surface area is 164 Å². The van der Waals surface area contributed by atoms with E-state index in [1.54, 1.807) is 49.4 Å². The summed E-state index contributed by atoms with van der Waals surface area (Å²) in [5.41, 5.74) is 0.620. The van der Waals surface area contributed by atoms with Gasteiger partial charge in [-0.25, -0.2) is 9.78 Å². The normalized spacial score (nSPS) is 14.9. The van der Waals surface area contributed by atoms with Gasteiger partial charge in [-0.15, -0.1) is 0 Å². The first-order valence-electron chi connectivity index (χ1n) is 9.23. The number of anilines is 2. The highest BCUT2D eigenvalue weighted by atomic mass is 16.5. The fourth-order valence-corrected chi connectivity index (χ4v) is 2.97. The van der Waals surface area contributed by atoms with Crippen LogP contribution in [0.5, 0.6) is 5.75 Å². The van der Waals surface area contributed by atoms with E-state index in [4.69, 9.17) is 4.74 Å². The summed E-state index contributed by atoms with van der Waals surface area (Å²) in [5, 5.41) is 5.55. The third kappa shape index (κ3) is 4.91. The van der Waals surface area contributed by atoms with Crippen LogP contribution in [0.1, 0.15) is 6.92 Å². The van der Waals surface area contributed by atoms with Crippen LogP contribution in [0, 0.1) is 0 Å². The lowest BCUT2D eigenvalue weighted by Gasteiger charge is -2.35. The zero-order valence-electron chi connectivity index (χ0n) is 16.1. The van der Waals surface area contributed by atoms with Gasteiger partial charge in [0, 0.05) is 44.1 Å². The van der Waals surface area contributed by atoms with E-state index in [0.29, 0.717) is 37.6 Å². The van der Waals surface area contributed by atoms with Gasteiger partial charge < -0.3 is 25.2 Å². The second kappa shape index (κ2) is 9.07. The quantitative estimate of drug-likeness (QED) is 0.824. The van der Waals surface area contributed by atoms with Crippen molar-refractivity contribution in [2.75, 3.05) is 43.5 Å². The van der Waals surface area contributed by atoms with Gasteiger partial charge in [0.25, 0.3) is 0 Å². The van der Waals surface area contributed by atoms with Crippen molar-refractivity contribution >= 4 is 23.4 Å². The van der Waals surface area contributed by atoms with Gasteiger partial charge in [0.2, 0.25) is 5.91 Å². The van der Waals surface area contributed by atoms with Gasteiger partial charge >= 0.3 is 6.03 Å². The minimum absolute atomic E-state index is 0.242. The van der Waals surface area contributed by atoms with E-state index in [0.717, 1.165) is 5.82 Å². The van der Waals surface area contributed by atoms with Crippen molar-refractivity contribution in [1.82, 2.24) is 15.2 Å². The monoisotopic (exact) mass is 383 g/mol. The maximum absolute atomic E-state index is 12.5. The molecule has 1 aromatic carbocycles. The minimum atomic E-state index is -0.660. The number of nitrogens with one attached hydrogen (secondary N) is 2. The molecule has 0 radical (unpaired) electrons. The smallest absolute Gasteiger partial charge is 0.318 e. The van der Waals surface area contributed by atoms with E-state index in [2.05, 4.69) is 20.5 Å². The lowest BCUT2D eigenvalue weighted by molar-refractivity contribution is -0.117. The minimum Gasteiger partial charge on any atom is -0.497 e. The molecule has 0 bridgehead atoms. The van der Waals surface area contributed by atoms with Crippen LogP contribution in [0.4, 0.5) is 16.3 Å². The Morgan fingerprint density at radius 3 is 2.57 bits per heavy atom. The van der Waals surface area contributed by atoms with E-state index < -0.39 is 6.04 Å². The van der Waals surface area contributed by atoms with Crippen LogP contribution in [0.2, 0.25) is 0 Å². The highest BCUT2D eigenvalue weighted by molar-refractivity contribution is 5.96. The number of nitrogens with zero attached hydrogens (tertiary/aromatic N) is 3. The molecule has 2 heterocycles. The second-order valence-corrected chi connectivity index (χ2v) is 6.55. The molecular weight excluding hydrogens is 358 g/mol. The largest absolute Gasteiger partial charge is 0.497 e. The maximum Gasteiger partial charge on any atom is 0.318 e. The fourth-order valence-electron chi connectivity index (χ4n) is 2.97. The Balaban J connectivity index is 1.48. The molecule has 8 nitrogen and oxygen atoms in total. The standard InChI is InChI=1S/C20H25N5O3/c1-15(19(26)23-16-6-5-7-17(14-16)28-2)22-20(27)25-12-10-24(11-13-25)18-8-3-4-9-21-18/h3-9,14-15H,10-13H2,1-2H3,(H,22,27)(H,23,26)/t15-/m0/s1. The van der Waals surface area contributed by atoms with Crippen LogP contribution in [0.3, 0.4) is 0 Å². The first-order valence-corrected chi connectivity index (χ1v) is 9.23. The molecule has 1 aliphatic rings. The Morgan fingerprint density at radius 2 is 1.89 bits per heavy atom. The molecular formula is C20H25N5O3. The predicted octanol–water partition coefficient (Wildman–Crippen LogP) is 1.95. The molecule has 1 aromatic heterocycles. The predicted molar refractivity (Wildman–Crippen MR) is 108 cm³/mol. The van der Waals surface area contributed by atoms with Gasteiger partial charge in [0.1, 0.15) is 17.6 Å². The molecule has 28 heavy (non-hydrogen) atoms. The zero-order chi connectivity index (χ0) is 19.9. The van der Waals surface area contributed by atoms with Gasteiger partial charge in [-0.1, -0.05) is 12.1 Å². The molecule has 0 unspecified atom stereocenters. The summed E-state index contributed by atoms with van der Waals surface area (Å²) in [7, 11) is 1.57. The molecule has 0 aliphatic carbocycles. The summed E-state index contributed by atoms with van der Waals surface area (Å²) in [6.07, 6.45) is 1.76. The lowest BCUT2D eigenvalue weighted by atomic mass is 10.2. The molecule has 1 aliphatic heterocycles. The first kappa shape index (κ1) is 19.5. The number of carbonyl (C=O) groups excluding carboxylic acids is 2. The lowest BCUT2D eigenvalue weighted by Crippen LogP contribution is -2.54. The molecule has 1 fully saturated rings. The first-order chi connectivity index (χ1) is 13.6. The molecule has 1 saturated heterocycles. The van der Waals surface area contributed by atoms with Gasteiger partial charge in [-0.3, -0.25) is 4.79 Å². The summed E-state index contributed by atoms with van der Waals surface area (Å²) in [5.74, 6) is 1.28. The molecule has 0 saturated carbocycles. The molecule has 8 heteroatoms. The fraction of sp³-hybridized carbons (Fsp3) is 0.350. The Hall–Kier alpha value is -3.29. The molecule has 2 N–H and O–H groups in total. The molecule has 148 valence electrons. The number of hydrogen-bond acceptors (Lipinski definition) is 5. The van der Waals surface area contributed by atoms with Crippen LogP contribution in [-0.4, -0.2) is 61.2 Å². The third-order valence-corrected chi connectivity index (χ3v) is 4.61. The zero-order valence-corrected chi connectivity index (χ0v) is 16.1. The van der Waals surface area contributed by atoms with Crippen molar-refractivity contribution in [3.63, 3.8) is 0 Å². The summed E-state index contributed by atoms with van der Waals surface area (Å²) in [4.78, 5) is 33.1. The van der Waals surface area contributed by atoms with E-state index in [1.807, 2.05) is 18.2 Å². The van der Waals surface area contributed by atoms with Gasteiger partial charge in [0.05, 0.1) is 7.11 Å². The van der Waals surface area contributed by atoms with Crippen molar-refractivity contribution in [2.45, 2.75) is 13.0 Å². The van der Waals surface area contributed by atoms with Crippen LogP contribution in [0.15, 0.2) is 48.7 Å². The third-order valence-electron chi connectivity index (χ3n) is 4.61. The van der Waals surface area contributed by atoms with E-state index in [9.17, 15) is 9.59 Å². The number of piperazine rings is 1. The van der Waals surface area contributed by atoms with Crippen molar-refractivity contribution in [3.8, 4) is 5.75 Å². The van der Waals surface area contributed by atoms with E-state index in [-0.39, 0.29) is 11.9 Å². The van der Waals surface area contributed by atoms with Gasteiger partial charge in [0.15, 0.2) is 0 Å². The SMILES string of the molecule is COc1cccc(NC(=O)[C@H](C)NC(=O)N2CCN(c3ccccn3)CC2)c1. The van der Waals surface area contributed by atoms with Crippen LogP contribution >= 0.6 is 0 Å². The molecule has 3 rings (SSSR count). The Kier molecular flexibility index (Phi) is 6.31. The van der Waals surface area contributed by atoms with Crippen molar-refractivity contribution in [2.24, 2.45) is 0 Å². The van der Waals surface area contributed by atoms with Crippen LogP contribution in [0.25, 0.3) is 0 Å². The average molecular weight is 383 g/mol. The number of carbonyl (C=O) groups is 2. The van der Waals surface area contributed by atoms with Crippen molar-refractivity contribution < 1.29 is 14.3 Å². The summed E-state index contributed by atoms with van der Waals surface area (Å²) >= 11 is 0. The number of pyridine rings is 1. The van der Waals surface area contributed by atoms with Crippen LogP contribution in [-0.2, 0) is 4.79 Å². The molecule has 2 aromatic rings. The average Bonchev–Trinajstić information content (AvgIpc) is 2.74. The number of urea groups is 1. The number of amides is 3. The number of aromatic nitrogens is 1. The molecule has 1 atom stereocenters. The highest BCUT2D eigenvalue weighted by Gasteiger charge is 2.24. The topological polar surface area (TPSA) is 86.8 Å². The number of rotatable bonds is 5. The molecule has 0 spiro atoms. The second-order valence-electron chi connectivity index (χ2n) is 6.55. The Bertz CT molecular complexity index is 806. The van der Waals surface area contributed by atoms with E-state index in [1.165, 1.54) is 0 Å². The Morgan fingerprint density at radius 1 is 1.11 bits per heavy atom. The van der Waals surface area contributed by atoms with Gasteiger partial charge in [-0.2, -0.15) is 0 Å². The van der Waals surface area contributed by atoms with Crippen molar-refractivity contribution in [3.05, 3.63) is 48.7 Å². The summed E-state index contributed by atoms with van der Waals surface area (Å²) < 4.78 is 5.15. The highest BCUT2D eigenvalue weighted by Crippen LogP contribution is 2.17. The summed E-state index contributed by atoms with van der Waals surface area (Å²) in [6.45, 7) is 4.22. The summed E-state index contributed by atoms with van der Waals surface area (Å²) in [6, 6.07) is 12.0. The number of hydrogen-bond donors (Lipinski definition) is 2. The molecule has 3 amide bonds. The van der Waals surface area contributed by atoms with Crippen molar-refractivity contribution in [1.29, 1.82) is 0 Å². The maximum atomic E-state index is 12.5. The van der Waals surface area contributed by atoms with E-state index >= 15 is 0 Å². The van der Waals surface area contributed by atoms with Gasteiger partial charge in [-0.05, 0) is 31.2 Å². The van der Waals surface area contributed by atoms with Crippen LogP contribution < -0.4 is 20.3 Å². The number of benzene rings is 1.